The van der Waals surface area contributed by atoms with Crippen molar-refractivity contribution >= 4 is 11.6 Å². The average Bonchev–Trinajstić information content (AvgIpc) is 2.80. The van der Waals surface area contributed by atoms with Crippen LogP contribution in [0.4, 0.5) is 0 Å². The van der Waals surface area contributed by atoms with Gasteiger partial charge in [0.25, 0.3) is 0 Å². The van der Waals surface area contributed by atoms with Crippen molar-refractivity contribution in [3.8, 4) is 0 Å². The van der Waals surface area contributed by atoms with E-state index >= 15 is 0 Å². The van der Waals surface area contributed by atoms with Crippen LogP contribution in [0.25, 0.3) is 0 Å². The third kappa shape index (κ3) is 1.09. The SMILES string of the molecule is C[C@]12CCCC[C@H]1C2(Cl)c1ccccc1. The molecular weight excluding hydrogens is 204 g/mol. The van der Waals surface area contributed by atoms with Crippen LogP contribution in [0.2, 0.25) is 0 Å². The van der Waals surface area contributed by atoms with E-state index < -0.39 is 0 Å². The van der Waals surface area contributed by atoms with Gasteiger partial charge in [0.15, 0.2) is 0 Å². The van der Waals surface area contributed by atoms with Crippen molar-refractivity contribution in [3.63, 3.8) is 0 Å². The number of alkyl halides is 1. The molecule has 1 unspecified atom stereocenters. The van der Waals surface area contributed by atoms with Gasteiger partial charge < -0.3 is 0 Å². The van der Waals surface area contributed by atoms with Gasteiger partial charge in [0.1, 0.15) is 0 Å². The Hall–Kier alpha value is -0.490. The fourth-order valence-corrected chi connectivity index (χ4v) is 4.30. The Balaban J connectivity index is 2.00. The molecule has 0 spiro atoms. The largest absolute Gasteiger partial charge is 0.113 e. The van der Waals surface area contributed by atoms with Gasteiger partial charge in [-0.05, 0) is 29.7 Å². The van der Waals surface area contributed by atoms with E-state index in [9.17, 15) is 0 Å². The first-order chi connectivity index (χ1) is 7.19. The molecule has 1 heteroatoms. The monoisotopic (exact) mass is 220 g/mol. The summed E-state index contributed by atoms with van der Waals surface area (Å²) >= 11 is 6.88. The summed E-state index contributed by atoms with van der Waals surface area (Å²) in [6, 6.07) is 10.7. The summed E-state index contributed by atoms with van der Waals surface area (Å²) in [7, 11) is 0. The number of hydrogen-bond acceptors (Lipinski definition) is 0. The molecule has 1 aromatic rings. The highest BCUT2D eigenvalue weighted by atomic mass is 35.5. The zero-order valence-corrected chi connectivity index (χ0v) is 9.93. The Kier molecular flexibility index (Phi) is 1.95. The van der Waals surface area contributed by atoms with E-state index in [4.69, 9.17) is 11.6 Å². The fourth-order valence-electron chi connectivity index (χ4n) is 3.65. The maximum atomic E-state index is 6.88. The van der Waals surface area contributed by atoms with E-state index in [2.05, 4.69) is 37.3 Å². The van der Waals surface area contributed by atoms with Gasteiger partial charge in [-0.1, -0.05) is 50.1 Å². The maximum absolute atomic E-state index is 6.88. The van der Waals surface area contributed by atoms with E-state index in [0.717, 1.165) is 0 Å². The predicted molar refractivity (Wildman–Crippen MR) is 64.0 cm³/mol. The molecule has 80 valence electrons. The van der Waals surface area contributed by atoms with Gasteiger partial charge in [0, 0.05) is 0 Å². The zero-order chi connectivity index (χ0) is 10.5. The van der Waals surface area contributed by atoms with Crippen molar-refractivity contribution in [1.82, 2.24) is 0 Å². The Morgan fingerprint density at radius 3 is 2.53 bits per heavy atom. The van der Waals surface area contributed by atoms with Crippen molar-refractivity contribution in [2.45, 2.75) is 37.5 Å². The smallest absolute Gasteiger partial charge is 0.0785 e. The van der Waals surface area contributed by atoms with Gasteiger partial charge in [-0.2, -0.15) is 0 Å². The first-order valence-electron chi connectivity index (χ1n) is 5.94. The third-order valence-electron chi connectivity index (χ3n) is 4.63. The van der Waals surface area contributed by atoms with Gasteiger partial charge in [-0.15, -0.1) is 11.6 Å². The van der Waals surface area contributed by atoms with Crippen LogP contribution in [0.15, 0.2) is 30.3 Å². The van der Waals surface area contributed by atoms with E-state index in [1.165, 1.54) is 31.2 Å². The molecule has 0 amide bonds. The molecule has 2 saturated carbocycles. The van der Waals surface area contributed by atoms with Crippen molar-refractivity contribution in [2.75, 3.05) is 0 Å². The molecule has 0 aliphatic heterocycles. The van der Waals surface area contributed by atoms with Crippen molar-refractivity contribution < 1.29 is 0 Å². The first kappa shape index (κ1) is 9.72. The Morgan fingerprint density at radius 1 is 1.20 bits per heavy atom. The second kappa shape index (κ2) is 3.01. The van der Waals surface area contributed by atoms with Crippen molar-refractivity contribution in [2.24, 2.45) is 11.3 Å². The molecule has 3 rings (SSSR count). The standard InChI is InChI=1S/C14H17Cl/c1-13-10-6-5-9-12(13)14(13,15)11-7-3-2-4-8-11/h2-4,7-8,12H,5-6,9-10H2,1H3/t12-,13+,14?/m1/s1. The molecule has 0 N–H and O–H groups in total. The van der Waals surface area contributed by atoms with E-state index in [1.807, 2.05) is 0 Å². The highest BCUT2D eigenvalue weighted by molar-refractivity contribution is 6.27. The minimum absolute atomic E-state index is 0.0508. The molecule has 0 aromatic heterocycles. The summed E-state index contributed by atoms with van der Waals surface area (Å²) in [5.41, 5.74) is 1.70. The topological polar surface area (TPSA) is 0 Å². The quantitative estimate of drug-likeness (QED) is 0.618. The first-order valence-corrected chi connectivity index (χ1v) is 6.32. The lowest BCUT2D eigenvalue weighted by Crippen LogP contribution is -2.09. The molecule has 0 radical (unpaired) electrons. The summed E-state index contributed by atoms with van der Waals surface area (Å²) in [5, 5.41) is 0. The number of rotatable bonds is 1. The lowest BCUT2D eigenvalue weighted by molar-refractivity contribution is 0.362. The Labute approximate surface area is 96.6 Å². The molecule has 0 bridgehead atoms. The van der Waals surface area contributed by atoms with E-state index in [0.29, 0.717) is 11.3 Å². The number of halogens is 1. The zero-order valence-electron chi connectivity index (χ0n) is 9.17. The summed E-state index contributed by atoms with van der Waals surface area (Å²) in [6.45, 7) is 2.37. The number of fused-ring (bicyclic) bond motifs is 1. The molecule has 0 heterocycles. The molecule has 2 aliphatic rings. The van der Waals surface area contributed by atoms with Gasteiger partial charge in [-0.3, -0.25) is 0 Å². The minimum atomic E-state index is -0.0508. The second-order valence-electron chi connectivity index (χ2n) is 5.29. The molecular formula is C14H17Cl. The van der Waals surface area contributed by atoms with Crippen molar-refractivity contribution in [1.29, 1.82) is 0 Å². The molecule has 1 aromatic carbocycles. The molecule has 2 aliphatic carbocycles. The summed E-state index contributed by atoms with van der Waals surface area (Å²) in [6.07, 6.45) is 5.33. The van der Waals surface area contributed by atoms with Gasteiger partial charge in [-0.25, -0.2) is 0 Å². The normalized spacial score (nSPS) is 43.5. The number of hydrogen-bond donors (Lipinski definition) is 0. The summed E-state index contributed by atoms with van der Waals surface area (Å²) in [5.74, 6) is 0.711. The second-order valence-corrected chi connectivity index (χ2v) is 5.89. The minimum Gasteiger partial charge on any atom is -0.113 e. The predicted octanol–water partition coefficient (Wildman–Crippen LogP) is 4.33. The fraction of sp³-hybridized carbons (Fsp3) is 0.571. The molecule has 0 saturated heterocycles. The molecule has 2 fully saturated rings. The molecule has 15 heavy (non-hydrogen) atoms. The van der Waals surface area contributed by atoms with E-state index in [-0.39, 0.29) is 4.87 Å². The Morgan fingerprint density at radius 2 is 1.93 bits per heavy atom. The van der Waals surface area contributed by atoms with Crippen LogP contribution in [-0.4, -0.2) is 0 Å². The van der Waals surface area contributed by atoms with Crippen molar-refractivity contribution in [3.05, 3.63) is 35.9 Å². The average molecular weight is 221 g/mol. The van der Waals surface area contributed by atoms with Crippen LogP contribution < -0.4 is 0 Å². The third-order valence-corrected chi connectivity index (χ3v) is 5.54. The summed E-state index contributed by atoms with van der Waals surface area (Å²) < 4.78 is 0. The van der Waals surface area contributed by atoms with Crippen LogP contribution in [0, 0.1) is 11.3 Å². The molecule has 3 atom stereocenters. The van der Waals surface area contributed by atoms with Crippen LogP contribution in [0.5, 0.6) is 0 Å². The van der Waals surface area contributed by atoms with Crippen LogP contribution in [0.1, 0.15) is 38.2 Å². The number of benzene rings is 1. The highest BCUT2D eigenvalue weighted by Gasteiger charge is 2.73. The maximum Gasteiger partial charge on any atom is 0.0785 e. The van der Waals surface area contributed by atoms with Gasteiger partial charge in [0.2, 0.25) is 0 Å². The Bertz CT molecular complexity index is 372. The van der Waals surface area contributed by atoms with E-state index in [1.54, 1.807) is 0 Å². The lowest BCUT2D eigenvalue weighted by Gasteiger charge is -2.17. The highest BCUT2D eigenvalue weighted by Crippen LogP contribution is 2.77. The van der Waals surface area contributed by atoms with Crippen LogP contribution in [-0.2, 0) is 4.87 Å². The summed E-state index contributed by atoms with van der Waals surface area (Å²) in [4.78, 5) is -0.0508. The van der Waals surface area contributed by atoms with Gasteiger partial charge >= 0.3 is 0 Å². The van der Waals surface area contributed by atoms with Crippen LogP contribution in [0.3, 0.4) is 0 Å². The molecule has 0 nitrogen and oxygen atoms in total. The van der Waals surface area contributed by atoms with Gasteiger partial charge in [0.05, 0.1) is 4.87 Å². The lowest BCUT2D eigenvalue weighted by atomic mass is 9.89. The van der Waals surface area contributed by atoms with Crippen LogP contribution >= 0.6 is 11.6 Å².